The van der Waals surface area contributed by atoms with Crippen LogP contribution in [-0.4, -0.2) is 44.2 Å². The Hall–Kier alpha value is -1.47. The minimum atomic E-state index is -0.468. The van der Waals surface area contributed by atoms with Gasteiger partial charge >= 0.3 is 0 Å². The van der Waals surface area contributed by atoms with E-state index in [0.29, 0.717) is 5.69 Å². The number of rotatable bonds is 3. The molecule has 0 spiro atoms. The van der Waals surface area contributed by atoms with E-state index in [0.717, 1.165) is 57.8 Å². The van der Waals surface area contributed by atoms with Gasteiger partial charge in [-0.25, -0.2) is 4.68 Å². The second kappa shape index (κ2) is 8.07. The van der Waals surface area contributed by atoms with Crippen LogP contribution in [0.4, 0.5) is 0 Å². The van der Waals surface area contributed by atoms with Crippen molar-refractivity contribution < 1.29 is 9.90 Å². The van der Waals surface area contributed by atoms with Gasteiger partial charge in [-0.3, -0.25) is 4.79 Å². The largest absolute Gasteiger partial charge is 0.391 e. The molecule has 0 unspecified atom stereocenters. The van der Waals surface area contributed by atoms with Crippen molar-refractivity contribution in [2.75, 3.05) is 0 Å². The molecule has 0 bridgehead atoms. The van der Waals surface area contributed by atoms with Gasteiger partial charge in [0.05, 0.1) is 24.4 Å². The van der Waals surface area contributed by atoms with E-state index < -0.39 is 6.10 Å². The van der Waals surface area contributed by atoms with Crippen molar-refractivity contribution in [1.29, 1.82) is 0 Å². The van der Waals surface area contributed by atoms with Gasteiger partial charge in [-0.1, -0.05) is 30.9 Å². The predicted molar refractivity (Wildman–Crippen MR) is 90.5 cm³/mol. The highest BCUT2D eigenvalue weighted by Gasteiger charge is 2.25. The summed E-state index contributed by atoms with van der Waals surface area (Å²) in [5.74, 6) is -0.238. The summed E-state index contributed by atoms with van der Waals surface area (Å²) in [6, 6.07) is 0.384. The first-order chi connectivity index (χ1) is 11.6. The van der Waals surface area contributed by atoms with Crippen molar-refractivity contribution in [2.45, 2.75) is 88.4 Å². The SMILES string of the molecule is NC1CCC(n2cc(C(=O)N[C@H]3CCCCCC[C@@H]3O)nn2)CC1. The third-order valence-electron chi connectivity index (χ3n) is 5.40. The molecule has 1 aromatic heterocycles. The molecule has 0 aliphatic heterocycles. The molecule has 7 heteroatoms. The predicted octanol–water partition coefficient (Wildman–Crippen LogP) is 1.53. The Kier molecular flexibility index (Phi) is 5.84. The lowest BCUT2D eigenvalue weighted by atomic mass is 9.92. The van der Waals surface area contributed by atoms with E-state index in [-0.39, 0.29) is 24.0 Å². The Bertz CT molecular complexity index is 539. The molecule has 2 aliphatic carbocycles. The van der Waals surface area contributed by atoms with E-state index in [1.54, 1.807) is 10.9 Å². The fourth-order valence-corrected chi connectivity index (χ4v) is 3.80. The molecule has 2 saturated carbocycles. The molecule has 2 aliphatic rings. The van der Waals surface area contributed by atoms with E-state index in [4.69, 9.17) is 5.73 Å². The molecule has 1 aromatic rings. The van der Waals surface area contributed by atoms with Gasteiger partial charge in [0.1, 0.15) is 0 Å². The minimum absolute atomic E-state index is 0.185. The zero-order chi connectivity index (χ0) is 16.9. The van der Waals surface area contributed by atoms with E-state index in [1.807, 2.05) is 0 Å². The average Bonchev–Trinajstić information content (AvgIpc) is 3.05. The van der Waals surface area contributed by atoms with Gasteiger partial charge in [0.15, 0.2) is 5.69 Å². The summed E-state index contributed by atoms with van der Waals surface area (Å²) in [5, 5.41) is 21.4. The van der Waals surface area contributed by atoms with Crippen LogP contribution in [0.25, 0.3) is 0 Å². The first-order valence-electron chi connectivity index (χ1n) is 9.30. The monoisotopic (exact) mass is 335 g/mol. The molecule has 0 radical (unpaired) electrons. The zero-order valence-corrected chi connectivity index (χ0v) is 14.2. The van der Waals surface area contributed by atoms with Gasteiger partial charge in [0, 0.05) is 6.04 Å². The number of hydrogen-bond acceptors (Lipinski definition) is 5. The lowest BCUT2D eigenvalue weighted by molar-refractivity contribution is 0.0767. The van der Waals surface area contributed by atoms with Crippen molar-refractivity contribution in [3.63, 3.8) is 0 Å². The highest BCUT2D eigenvalue weighted by Crippen LogP contribution is 2.26. The van der Waals surface area contributed by atoms with Crippen molar-refractivity contribution in [1.82, 2.24) is 20.3 Å². The number of nitrogens with two attached hydrogens (primary N) is 1. The molecule has 1 heterocycles. The van der Waals surface area contributed by atoms with Crippen molar-refractivity contribution in [2.24, 2.45) is 5.73 Å². The van der Waals surface area contributed by atoms with Gasteiger partial charge < -0.3 is 16.2 Å². The number of amides is 1. The molecule has 1 amide bonds. The van der Waals surface area contributed by atoms with Crippen molar-refractivity contribution in [3.8, 4) is 0 Å². The third kappa shape index (κ3) is 4.33. The van der Waals surface area contributed by atoms with Crippen LogP contribution < -0.4 is 11.1 Å². The Labute approximate surface area is 143 Å². The summed E-state index contributed by atoms with van der Waals surface area (Å²) in [4.78, 5) is 12.4. The molecule has 2 atom stereocenters. The molecule has 24 heavy (non-hydrogen) atoms. The molecule has 7 nitrogen and oxygen atoms in total. The number of nitrogens with one attached hydrogen (secondary N) is 1. The standard InChI is InChI=1S/C17H29N5O2/c18-12-7-9-13(10-8-12)22-11-15(20-21-22)17(24)19-14-5-3-1-2-4-6-16(14)23/h11-14,16,23H,1-10,18H2,(H,19,24)/t12?,13?,14-,16-/m0/s1. The molecule has 0 aromatic carbocycles. The maximum absolute atomic E-state index is 12.4. The molecule has 0 saturated heterocycles. The first kappa shape index (κ1) is 17.4. The minimum Gasteiger partial charge on any atom is -0.391 e. The summed E-state index contributed by atoms with van der Waals surface area (Å²) in [5.41, 5.74) is 6.27. The fourth-order valence-electron chi connectivity index (χ4n) is 3.80. The number of aromatic nitrogens is 3. The number of carbonyl (C=O) groups excluding carboxylic acids is 1. The summed E-state index contributed by atoms with van der Waals surface area (Å²) < 4.78 is 1.80. The Morgan fingerprint density at radius 1 is 1.12 bits per heavy atom. The number of nitrogens with zero attached hydrogens (tertiary/aromatic N) is 3. The fraction of sp³-hybridized carbons (Fsp3) is 0.824. The van der Waals surface area contributed by atoms with Crippen LogP contribution in [0.3, 0.4) is 0 Å². The highest BCUT2D eigenvalue weighted by molar-refractivity contribution is 5.92. The molecule has 3 rings (SSSR count). The number of hydrogen-bond donors (Lipinski definition) is 3. The molecular weight excluding hydrogens is 306 g/mol. The lowest BCUT2D eigenvalue weighted by Gasteiger charge is -2.26. The second-order valence-electron chi connectivity index (χ2n) is 7.29. The van der Waals surface area contributed by atoms with E-state index in [9.17, 15) is 9.90 Å². The van der Waals surface area contributed by atoms with Crippen LogP contribution in [0, 0.1) is 0 Å². The van der Waals surface area contributed by atoms with Crippen LogP contribution in [0.15, 0.2) is 6.20 Å². The number of aliphatic hydroxyl groups is 1. The zero-order valence-electron chi connectivity index (χ0n) is 14.2. The maximum Gasteiger partial charge on any atom is 0.273 e. The van der Waals surface area contributed by atoms with Crippen LogP contribution in [0.5, 0.6) is 0 Å². The van der Waals surface area contributed by atoms with Gasteiger partial charge in [-0.15, -0.1) is 5.10 Å². The number of aliphatic hydroxyl groups excluding tert-OH is 1. The normalized spacial score (nSPS) is 31.9. The van der Waals surface area contributed by atoms with Gasteiger partial charge in [-0.2, -0.15) is 0 Å². The van der Waals surface area contributed by atoms with Gasteiger partial charge in [0.25, 0.3) is 5.91 Å². The van der Waals surface area contributed by atoms with E-state index >= 15 is 0 Å². The Morgan fingerprint density at radius 2 is 1.83 bits per heavy atom. The first-order valence-corrected chi connectivity index (χ1v) is 9.30. The van der Waals surface area contributed by atoms with Crippen molar-refractivity contribution in [3.05, 3.63) is 11.9 Å². The number of carbonyl (C=O) groups is 1. The molecule has 4 N–H and O–H groups in total. The van der Waals surface area contributed by atoms with Crippen LogP contribution in [0.1, 0.15) is 80.7 Å². The quantitative estimate of drug-likeness (QED) is 0.777. The van der Waals surface area contributed by atoms with Gasteiger partial charge in [-0.05, 0) is 38.5 Å². The third-order valence-corrected chi connectivity index (χ3v) is 5.40. The van der Waals surface area contributed by atoms with Gasteiger partial charge in [0.2, 0.25) is 0 Å². The van der Waals surface area contributed by atoms with E-state index in [1.165, 1.54) is 6.42 Å². The van der Waals surface area contributed by atoms with Crippen LogP contribution in [-0.2, 0) is 0 Å². The maximum atomic E-state index is 12.4. The average molecular weight is 335 g/mol. The summed E-state index contributed by atoms with van der Waals surface area (Å²) in [6.45, 7) is 0. The highest BCUT2D eigenvalue weighted by atomic mass is 16.3. The topological polar surface area (TPSA) is 106 Å². The van der Waals surface area contributed by atoms with Crippen molar-refractivity contribution >= 4 is 5.91 Å². The Morgan fingerprint density at radius 3 is 2.58 bits per heavy atom. The molecular formula is C17H29N5O2. The smallest absolute Gasteiger partial charge is 0.273 e. The van der Waals surface area contributed by atoms with Crippen LogP contribution in [0.2, 0.25) is 0 Å². The summed E-state index contributed by atoms with van der Waals surface area (Å²) in [7, 11) is 0. The Balaban J connectivity index is 1.58. The lowest BCUT2D eigenvalue weighted by Crippen LogP contribution is -2.44. The van der Waals surface area contributed by atoms with E-state index in [2.05, 4.69) is 15.6 Å². The van der Waals surface area contributed by atoms with Crippen LogP contribution >= 0.6 is 0 Å². The summed E-state index contributed by atoms with van der Waals surface area (Å²) in [6.07, 6.45) is 11.2. The second-order valence-corrected chi connectivity index (χ2v) is 7.29. The molecule has 134 valence electrons. The molecule has 2 fully saturated rings. The summed E-state index contributed by atoms with van der Waals surface area (Å²) >= 11 is 0.